The number of carbonyl (C=O) groups excluding carboxylic acids is 1. The molecule has 2 heterocycles. The van der Waals surface area contributed by atoms with Crippen LogP contribution in [0.15, 0.2) is 48.7 Å². The van der Waals surface area contributed by atoms with Crippen LogP contribution in [0.1, 0.15) is 21.7 Å². The zero-order valence-electron chi connectivity index (χ0n) is 12.2. The van der Waals surface area contributed by atoms with E-state index in [0.717, 1.165) is 17.0 Å². The van der Waals surface area contributed by atoms with Crippen LogP contribution in [0.4, 0.5) is 0 Å². The molecule has 0 aliphatic rings. The SMILES string of the molecule is Cc1cccc2nc(CCNC(=O)c3ccccc3Cl)cn12. The molecule has 0 spiro atoms. The molecule has 0 aliphatic heterocycles. The molecule has 0 unspecified atom stereocenters. The van der Waals surface area contributed by atoms with E-state index in [1.54, 1.807) is 24.3 Å². The molecule has 5 heteroatoms. The highest BCUT2D eigenvalue weighted by Gasteiger charge is 2.09. The van der Waals surface area contributed by atoms with Gasteiger partial charge in [-0.15, -0.1) is 0 Å². The Morgan fingerprint density at radius 2 is 2.05 bits per heavy atom. The van der Waals surface area contributed by atoms with Crippen molar-refractivity contribution in [1.82, 2.24) is 14.7 Å². The fourth-order valence-corrected chi connectivity index (χ4v) is 2.59. The number of aromatic nitrogens is 2. The number of halogens is 1. The molecule has 3 aromatic rings. The third-order valence-electron chi connectivity index (χ3n) is 3.53. The van der Waals surface area contributed by atoms with Crippen molar-refractivity contribution in [3.05, 3.63) is 70.6 Å². The van der Waals surface area contributed by atoms with Crippen molar-refractivity contribution in [1.29, 1.82) is 0 Å². The third kappa shape index (κ3) is 2.97. The van der Waals surface area contributed by atoms with E-state index in [9.17, 15) is 4.79 Å². The third-order valence-corrected chi connectivity index (χ3v) is 3.86. The monoisotopic (exact) mass is 313 g/mol. The summed E-state index contributed by atoms with van der Waals surface area (Å²) in [4.78, 5) is 16.6. The van der Waals surface area contributed by atoms with Crippen LogP contribution in [0.2, 0.25) is 5.02 Å². The summed E-state index contributed by atoms with van der Waals surface area (Å²) in [7, 11) is 0. The zero-order valence-corrected chi connectivity index (χ0v) is 13.0. The van der Waals surface area contributed by atoms with Gasteiger partial charge in [-0.1, -0.05) is 29.8 Å². The Morgan fingerprint density at radius 1 is 1.23 bits per heavy atom. The highest BCUT2D eigenvalue weighted by Crippen LogP contribution is 2.14. The van der Waals surface area contributed by atoms with E-state index in [1.165, 1.54) is 0 Å². The van der Waals surface area contributed by atoms with Crippen molar-refractivity contribution in [3.8, 4) is 0 Å². The number of rotatable bonds is 4. The van der Waals surface area contributed by atoms with Gasteiger partial charge in [0.2, 0.25) is 0 Å². The fraction of sp³-hybridized carbons (Fsp3) is 0.176. The fourth-order valence-electron chi connectivity index (χ4n) is 2.36. The van der Waals surface area contributed by atoms with Crippen molar-refractivity contribution in [2.24, 2.45) is 0 Å². The maximum Gasteiger partial charge on any atom is 0.252 e. The van der Waals surface area contributed by atoms with E-state index >= 15 is 0 Å². The van der Waals surface area contributed by atoms with Crippen molar-refractivity contribution >= 4 is 23.2 Å². The number of amides is 1. The van der Waals surface area contributed by atoms with Crippen molar-refractivity contribution in [2.45, 2.75) is 13.3 Å². The molecule has 22 heavy (non-hydrogen) atoms. The smallest absolute Gasteiger partial charge is 0.252 e. The first-order valence-electron chi connectivity index (χ1n) is 7.11. The lowest BCUT2D eigenvalue weighted by molar-refractivity contribution is 0.0954. The van der Waals surface area contributed by atoms with E-state index in [0.29, 0.717) is 23.6 Å². The second-order valence-corrected chi connectivity index (χ2v) is 5.52. The summed E-state index contributed by atoms with van der Waals surface area (Å²) in [5.74, 6) is -0.162. The Balaban J connectivity index is 1.64. The predicted molar refractivity (Wildman–Crippen MR) is 87.4 cm³/mol. The Morgan fingerprint density at radius 3 is 2.82 bits per heavy atom. The molecule has 0 saturated carbocycles. The van der Waals surface area contributed by atoms with E-state index in [2.05, 4.69) is 10.3 Å². The molecule has 1 amide bonds. The number of nitrogens with zero attached hydrogens (tertiary/aromatic N) is 2. The van der Waals surface area contributed by atoms with Crippen LogP contribution in [0.3, 0.4) is 0 Å². The van der Waals surface area contributed by atoms with Gasteiger partial charge in [-0.25, -0.2) is 4.98 Å². The van der Waals surface area contributed by atoms with Crippen LogP contribution in [0, 0.1) is 6.92 Å². The molecule has 1 N–H and O–H groups in total. The minimum Gasteiger partial charge on any atom is -0.352 e. The van der Waals surface area contributed by atoms with Crippen LogP contribution in [-0.2, 0) is 6.42 Å². The summed E-state index contributed by atoms with van der Waals surface area (Å²) < 4.78 is 2.05. The molecule has 0 fully saturated rings. The normalized spacial score (nSPS) is 10.8. The Labute approximate surface area is 133 Å². The van der Waals surface area contributed by atoms with Crippen LogP contribution >= 0.6 is 11.6 Å². The highest BCUT2D eigenvalue weighted by atomic mass is 35.5. The molecule has 0 radical (unpaired) electrons. The van der Waals surface area contributed by atoms with Gasteiger partial charge in [-0.3, -0.25) is 4.79 Å². The van der Waals surface area contributed by atoms with E-state index in [-0.39, 0.29) is 5.91 Å². The average molecular weight is 314 g/mol. The van der Waals surface area contributed by atoms with Crippen molar-refractivity contribution < 1.29 is 4.79 Å². The minimum atomic E-state index is -0.162. The topological polar surface area (TPSA) is 46.4 Å². The number of imidazole rings is 1. The van der Waals surface area contributed by atoms with Gasteiger partial charge in [-0.2, -0.15) is 0 Å². The first kappa shape index (κ1) is 14.6. The van der Waals surface area contributed by atoms with Gasteiger partial charge in [0.15, 0.2) is 0 Å². The van der Waals surface area contributed by atoms with Crippen LogP contribution in [-0.4, -0.2) is 21.8 Å². The number of hydrogen-bond donors (Lipinski definition) is 1. The molecule has 2 aromatic heterocycles. The predicted octanol–water partition coefficient (Wildman–Crippen LogP) is 3.27. The lowest BCUT2D eigenvalue weighted by Crippen LogP contribution is -2.26. The molecular weight excluding hydrogens is 298 g/mol. The summed E-state index contributed by atoms with van der Waals surface area (Å²) in [5.41, 5.74) is 3.51. The number of pyridine rings is 1. The standard InChI is InChI=1S/C17H16ClN3O/c1-12-5-4-8-16-20-13(11-21(12)16)9-10-19-17(22)14-6-2-3-7-15(14)18/h2-8,11H,9-10H2,1H3,(H,19,22). The van der Waals surface area contributed by atoms with Crippen molar-refractivity contribution in [3.63, 3.8) is 0 Å². The number of aryl methyl sites for hydroxylation is 1. The molecule has 0 atom stereocenters. The average Bonchev–Trinajstić information content (AvgIpc) is 2.92. The van der Waals surface area contributed by atoms with Gasteiger partial charge in [0.05, 0.1) is 16.3 Å². The molecule has 3 rings (SSSR count). The Hall–Kier alpha value is -2.33. The van der Waals surface area contributed by atoms with E-state index < -0.39 is 0 Å². The summed E-state index contributed by atoms with van der Waals surface area (Å²) in [6.07, 6.45) is 2.68. The second kappa shape index (κ2) is 6.20. The molecule has 112 valence electrons. The van der Waals surface area contributed by atoms with Gasteiger partial charge in [0.25, 0.3) is 5.91 Å². The van der Waals surface area contributed by atoms with E-state index in [4.69, 9.17) is 11.6 Å². The zero-order chi connectivity index (χ0) is 15.5. The van der Waals surface area contributed by atoms with Gasteiger partial charge < -0.3 is 9.72 Å². The number of nitrogens with one attached hydrogen (secondary N) is 1. The summed E-state index contributed by atoms with van der Waals surface area (Å²) in [6, 6.07) is 13.0. The number of fused-ring (bicyclic) bond motifs is 1. The molecule has 0 saturated heterocycles. The summed E-state index contributed by atoms with van der Waals surface area (Å²) >= 11 is 6.01. The van der Waals surface area contributed by atoms with Crippen LogP contribution < -0.4 is 5.32 Å². The maximum absolute atomic E-state index is 12.1. The first-order chi connectivity index (χ1) is 10.6. The second-order valence-electron chi connectivity index (χ2n) is 5.11. The molecule has 0 bridgehead atoms. The molecule has 4 nitrogen and oxygen atoms in total. The van der Waals surface area contributed by atoms with Gasteiger partial charge in [0.1, 0.15) is 5.65 Å². The number of hydrogen-bond acceptors (Lipinski definition) is 2. The van der Waals surface area contributed by atoms with Gasteiger partial charge in [-0.05, 0) is 31.2 Å². The van der Waals surface area contributed by atoms with Crippen LogP contribution in [0.25, 0.3) is 5.65 Å². The molecule has 1 aromatic carbocycles. The largest absolute Gasteiger partial charge is 0.352 e. The van der Waals surface area contributed by atoms with Crippen LogP contribution in [0.5, 0.6) is 0 Å². The highest BCUT2D eigenvalue weighted by molar-refractivity contribution is 6.33. The molecular formula is C17H16ClN3O. The van der Waals surface area contributed by atoms with Crippen molar-refractivity contribution in [2.75, 3.05) is 6.54 Å². The number of benzene rings is 1. The summed E-state index contributed by atoms with van der Waals surface area (Å²) in [5, 5.41) is 3.34. The van der Waals surface area contributed by atoms with Gasteiger partial charge >= 0.3 is 0 Å². The summed E-state index contributed by atoms with van der Waals surface area (Å²) in [6.45, 7) is 2.56. The Bertz CT molecular complexity index is 826. The maximum atomic E-state index is 12.1. The lowest BCUT2D eigenvalue weighted by Gasteiger charge is -2.05. The van der Waals surface area contributed by atoms with E-state index in [1.807, 2.05) is 35.7 Å². The quantitative estimate of drug-likeness (QED) is 0.803. The van der Waals surface area contributed by atoms with Gasteiger partial charge in [0, 0.05) is 24.9 Å². The molecule has 0 aliphatic carbocycles. The Kier molecular flexibility index (Phi) is 4.11. The lowest BCUT2D eigenvalue weighted by atomic mass is 10.2. The minimum absolute atomic E-state index is 0.162. The number of carbonyl (C=O) groups is 1. The first-order valence-corrected chi connectivity index (χ1v) is 7.49.